The number of anilines is 1. The minimum Gasteiger partial charge on any atom is -0.469 e. The van der Waals surface area contributed by atoms with E-state index in [1.54, 1.807) is 0 Å². The molecule has 0 aromatic carbocycles. The lowest BCUT2D eigenvalue weighted by Crippen LogP contribution is -2.44. The summed E-state index contributed by atoms with van der Waals surface area (Å²) >= 11 is 1.29. The highest BCUT2D eigenvalue weighted by molar-refractivity contribution is 7.16. The van der Waals surface area contributed by atoms with Gasteiger partial charge in [0.05, 0.1) is 6.61 Å². The predicted octanol–water partition coefficient (Wildman–Crippen LogP) is 5.25. The molecular weight excluding hydrogens is 338 g/mol. The van der Waals surface area contributed by atoms with Crippen molar-refractivity contribution in [2.24, 2.45) is 0 Å². The van der Waals surface area contributed by atoms with E-state index in [9.17, 15) is 0 Å². The molecule has 1 rings (SSSR count). The summed E-state index contributed by atoms with van der Waals surface area (Å²) in [6.45, 7) is 14.5. The van der Waals surface area contributed by atoms with Crippen LogP contribution in [-0.4, -0.2) is 31.2 Å². The van der Waals surface area contributed by atoms with Gasteiger partial charge in [-0.3, -0.25) is 0 Å². The van der Waals surface area contributed by atoms with Crippen LogP contribution >= 0.6 is 11.3 Å². The molecule has 2 N–H and O–H groups in total. The summed E-state index contributed by atoms with van der Waals surface area (Å²) in [4.78, 5) is 0. The highest BCUT2D eigenvalue weighted by Gasteiger charge is 2.38. The maximum Gasteiger partial charge on any atom is 0.295 e. The van der Waals surface area contributed by atoms with Crippen LogP contribution in [0.4, 0.5) is 5.13 Å². The van der Waals surface area contributed by atoms with Crippen LogP contribution in [0.3, 0.4) is 0 Å². The average Bonchev–Trinajstić information content (AvgIpc) is 2.88. The summed E-state index contributed by atoms with van der Waals surface area (Å²) in [5, 5.41) is 8.89. The molecular formula is C17H35N3O2SSi. The quantitative estimate of drug-likeness (QED) is 0.424. The minimum atomic E-state index is -1.70. The lowest BCUT2D eigenvalue weighted by Gasteiger charge is -2.39. The summed E-state index contributed by atoms with van der Waals surface area (Å²) in [5.74, 6) is 0. The molecule has 0 bridgehead atoms. The van der Waals surface area contributed by atoms with Gasteiger partial charge in [-0.2, -0.15) is 0 Å². The second-order valence-corrected chi connectivity index (χ2v) is 13.6. The first-order valence-electron chi connectivity index (χ1n) is 9.05. The van der Waals surface area contributed by atoms with E-state index in [-0.39, 0.29) is 5.04 Å². The molecule has 0 saturated carbocycles. The van der Waals surface area contributed by atoms with Crippen molar-refractivity contribution in [3.8, 4) is 5.19 Å². The first kappa shape index (κ1) is 21.4. The van der Waals surface area contributed by atoms with Gasteiger partial charge in [-0.1, -0.05) is 45.6 Å². The average molecular weight is 374 g/mol. The van der Waals surface area contributed by atoms with Gasteiger partial charge >= 0.3 is 0 Å². The standard InChI is InChI=1S/C17H35N3O2SSi/c1-7-8-11-14(22-24(5,6)17(2,3)4)12-9-10-13-21-16-20-19-15(18)23-16/h14H,7-13H2,1-6H3,(H2,18,19). The zero-order chi connectivity index (χ0) is 18.2. The third-order valence-corrected chi connectivity index (χ3v) is 9.92. The van der Waals surface area contributed by atoms with Gasteiger partial charge in [-0.05, 0) is 55.2 Å². The van der Waals surface area contributed by atoms with Crippen molar-refractivity contribution >= 4 is 24.8 Å². The van der Waals surface area contributed by atoms with E-state index >= 15 is 0 Å². The lowest BCUT2D eigenvalue weighted by molar-refractivity contribution is 0.152. The molecule has 1 aromatic heterocycles. The lowest BCUT2D eigenvalue weighted by atomic mass is 10.1. The smallest absolute Gasteiger partial charge is 0.295 e. The van der Waals surface area contributed by atoms with Crippen LogP contribution < -0.4 is 10.5 Å². The number of hydrogen-bond acceptors (Lipinski definition) is 6. The number of hydrogen-bond donors (Lipinski definition) is 1. The zero-order valence-electron chi connectivity index (χ0n) is 16.2. The van der Waals surface area contributed by atoms with Gasteiger partial charge in [0.25, 0.3) is 5.19 Å². The Balaban J connectivity index is 2.37. The molecule has 0 aliphatic rings. The van der Waals surface area contributed by atoms with Crippen molar-refractivity contribution in [3.63, 3.8) is 0 Å². The van der Waals surface area contributed by atoms with Crippen LogP contribution in [0.15, 0.2) is 0 Å². The Kier molecular flexibility index (Phi) is 8.66. The van der Waals surface area contributed by atoms with Crippen LogP contribution in [0, 0.1) is 0 Å². The molecule has 1 atom stereocenters. The fraction of sp³-hybridized carbons (Fsp3) is 0.882. The van der Waals surface area contributed by atoms with Crippen molar-refractivity contribution in [2.75, 3.05) is 12.3 Å². The Hall–Kier alpha value is -0.663. The maximum absolute atomic E-state index is 6.63. The molecule has 24 heavy (non-hydrogen) atoms. The molecule has 1 aromatic rings. The van der Waals surface area contributed by atoms with Crippen molar-refractivity contribution in [1.82, 2.24) is 10.2 Å². The number of nitrogens with two attached hydrogens (primary N) is 1. The van der Waals surface area contributed by atoms with E-state index in [0.717, 1.165) is 25.7 Å². The number of ether oxygens (including phenoxy) is 1. The molecule has 1 unspecified atom stereocenters. The van der Waals surface area contributed by atoms with Crippen molar-refractivity contribution in [1.29, 1.82) is 0 Å². The Labute approximate surface area is 152 Å². The number of nitrogen functional groups attached to an aromatic ring is 1. The first-order chi connectivity index (χ1) is 11.2. The van der Waals surface area contributed by atoms with Crippen LogP contribution in [0.25, 0.3) is 0 Å². The Morgan fingerprint density at radius 3 is 2.33 bits per heavy atom. The Bertz CT molecular complexity index is 475. The minimum absolute atomic E-state index is 0.262. The van der Waals surface area contributed by atoms with Gasteiger partial charge in [0, 0.05) is 6.10 Å². The SMILES string of the molecule is CCCCC(CCCCOc1nnc(N)s1)O[Si](C)(C)C(C)(C)C. The van der Waals surface area contributed by atoms with Crippen LogP contribution in [0.5, 0.6) is 5.19 Å². The van der Waals surface area contributed by atoms with Gasteiger partial charge in [0.15, 0.2) is 8.32 Å². The van der Waals surface area contributed by atoms with Gasteiger partial charge in [0.1, 0.15) is 0 Å². The summed E-state index contributed by atoms with van der Waals surface area (Å²) in [5.41, 5.74) is 5.54. The second kappa shape index (κ2) is 9.72. The van der Waals surface area contributed by atoms with Crippen LogP contribution in [0.1, 0.15) is 66.2 Å². The second-order valence-electron chi connectivity index (χ2n) is 7.89. The van der Waals surface area contributed by atoms with E-state index in [1.165, 1.54) is 24.2 Å². The number of aromatic nitrogens is 2. The normalized spacial score (nSPS) is 13.9. The first-order valence-corrected chi connectivity index (χ1v) is 12.8. The summed E-state index contributed by atoms with van der Waals surface area (Å²) in [6.07, 6.45) is 7.22. The molecule has 0 fully saturated rings. The van der Waals surface area contributed by atoms with Crippen LogP contribution in [-0.2, 0) is 4.43 Å². The van der Waals surface area contributed by atoms with Crippen molar-refractivity contribution in [3.05, 3.63) is 0 Å². The number of nitrogens with zero attached hydrogens (tertiary/aromatic N) is 2. The fourth-order valence-electron chi connectivity index (χ4n) is 2.20. The molecule has 5 nitrogen and oxygen atoms in total. The highest BCUT2D eigenvalue weighted by Crippen LogP contribution is 2.38. The molecule has 1 heterocycles. The van der Waals surface area contributed by atoms with E-state index in [0.29, 0.717) is 23.0 Å². The molecule has 140 valence electrons. The Morgan fingerprint density at radius 1 is 1.12 bits per heavy atom. The third-order valence-electron chi connectivity index (χ3n) is 4.72. The van der Waals surface area contributed by atoms with Gasteiger partial charge in [-0.15, -0.1) is 5.10 Å². The van der Waals surface area contributed by atoms with Gasteiger partial charge in [0.2, 0.25) is 5.13 Å². The highest BCUT2D eigenvalue weighted by atomic mass is 32.1. The van der Waals surface area contributed by atoms with E-state index < -0.39 is 8.32 Å². The van der Waals surface area contributed by atoms with E-state index in [1.807, 2.05) is 0 Å². The maximum atomic E-state index is 6.63. The summed E-state index contributed by atoms with van der Waals surface area (Å²) in [7, 11) is -1.70. The van der Waals surface area contributed by atoms with E-state index in [2.05, 4.69) is 51.0 Å². The molecule has 0 saturated heterocycles. The van der Waals surface area contributed by atoms with Gasteiger partial charge < -0.3 is 14.9 Å². The van der Waals surface area contributed by atoms with Gasteiger partial charge in [-0.25, -0.2) is 0 Å². The topological polar surface area (TPSA) is 70.3 Å². The van der Waals surface area contributed by atoms with Crippen LogP contribution in [0.2, 0.25) is 18.1 Å². The van der Waals surface area contributed by atoms with Crippen molar-refractivity contribution in [2.45, 2.75) is 90.5 Å². The third kappa shape index (κ3) is 7.48. The molecule has 0 aliphatic carbocycles. The summed E-state index contributed by atoms with van der Waals surface area (Å²) < 4.78 is 12.2. The monoisotopic (exact) mass is 373 g/mol. The molecule has 0 radical (unpaired) electrons. The molecule has 0 amide bonds. The number of rotatable bonds is 11. The fourth-order valence-corrected chi connectivity index (χ4v) is 4.11. The zero-order valence-corrected chi connectivity index (χ0v) is 18.0. The van der Waals surface area contributed by atoms with E-state index in [4.69, 9.17) is 14.9 Å². The Morgan fingerprint density at radius 2 is 1.79 bits per heavy atom. The summed E-state index contributed by atoms with van der Waals surface area (Å²) in [6, 6.07) is 0. The molecule has 0 aliphatic heterocycles. The molecule has 7 heteroatoms. The predicted molar refractivity (Wildman–Crippen MR) is 105 cm³/mol. The largest absolute Gasteiger partial charge is 0.469 e. The molecule has 0 spiro atoms. The van der Waals surface area contributed by atoms with Crippen molar-refractivity contribution < 1.29 is 9.16 Å². The number of unbranched alkanes of at least 4 members (excludes halogenated alkanes) is 2.